The number of halogens is 1. The van der Waals surface area contributed by atoms with Crippen LogP contribution in [-0.2, 0) is 4.74 Å². The lowest BCUT2D eigenvalue weighted by molar-refractivity contribution is 0.111. The number of aryl methyl sites for hydroxylation is 1. The number of piperazine rings is 1. The number of likely N-dealkylation sites (N-methyl/N-ethyl adjacent to an activating group) is 1. The summed E-state index contributed by atoms with van der Waals surface area (Å²) in [6.07, 6.45) is 6.39. The van der Waals surface area contributed by atoms with Gasteiger partial charge < -0.3 is 19.7 Å². The van der Waals surface area contributed by atoms with Crippen molar-refractivity contribution < 1.29 is 13.9 Å². The first-order valence-electron chi connectivity index (χ1n) is 13.9. The van der Waals surface area contributed by atoms with Crippen LogP contribution >= 0.6 is 0 Å². The molecular weight excluding hydrogens is 523 g/mol. The second-order valence-electron chi connectivity index (χ2n) is 10.8. The van der Waals surface area contributed by atoms with E-state index in [1.54, 1.807) is 25.7 Å². The minimum absolute atomic E-state index is 0.0249. The molecule has 6 rings (SSSR count). The summed E-state index contributed by atoms with van der Waals surface area (Å²) >= 11 is 0. The van der Waals surface area contributed by atoms with Crippen molar-refractivity contribution >= 4 is 27.5 Å². The molecule has 0 aliphatic carbocycles. The van der Waals surface area contributed by atoms with Crippen LogP contribution < -0.4 is 15.0 Å². The summed E-state index contributed by atoms with van der Waals surface area (Å²) < 4.78 is 28.2. The Balaban J connectivity index is 1.44. The Labute approximate surface area is 238 Å². The van der Waals surface area contributed by atoms with Gasteiger partial charge in [-0.15, -0.1) is 0 Å². The largest absolute Gasteiger partial charge is 0.462 e. The Kier molecular flexibility index (Phi) is 7.62. The van der Waals surface area contributed by atoms with E-state index in [0.29, 0.717) is 49.4 Å². The second-order valence-corrected chi connectivity index (χ2v) is 10.8. The molecule has 5 heterocycles. The molecule has 3 atom stereocenters. The van der Waals surface area contributed by atoms with Crippen molar-refractivity contribution in [1.82, 2.24) is 30.2 Å². The SMILES string of the molecule is CO[C@@H]1C[C@@H](COc2nc(N3CCN[C@@H](CC#N)C3)c3cnc(-c4cncc5cccc(C)c45)c(F)c3n2)N(C)C1. The first-order chi connectivity index (χ1) is 20.0. The monoisotopic (exact) mass is 556 g/mol. The van der Waals surface area contributed by atoms with Crippen molar-refractivity contribution in [3.05, 3.63) is 48.2 Å². The van der Waals surface area contributed by atoms with E-state index in [9.17, 15) is 5.26 Å². The number of ether oxygens (including phenoxy) is 2. The number of benzene rings is 1. The summed E-state index contributed by atoms with van der Waals surface area (Å²) in [4.78, 5) is 22.6. The van der Waals surface area contributed by atoms with E-state index in [-0.39, 0.29) is 35.4 Å². The van der Waals surface area contributed by atoms with Crippen molar-refractivity contribution in [2.75, 3.05) is 51.8 Å². The topological polar surface area (TPSA) is 112 Å². The lowest BCUT2D eigenvalue weighted by atomic mass is 10.00. The molecule has 10 nitrogen and oxygen atoms in total. The molecule has 2 aliphatic rings. The van der Waals surface area contributed by atoms with E-state index >= 15 is 4.39 Å². The molecule has 1 N–H and O–H groups in total. The highest BCUT2D eigenvalue weighted by atomic mass is 19.1. The Morgan fingerprint density at radius 2 is 2.07 bits per heavy atom. The van der Waals surface area contributed by atoms with Gasteiger partial charge in [0.2, 0.25) is 0 Å². The Morgan fingerprint density at radius 1 is 1.20 bits per heavy atom. The first-order valence-corrected chi connectivity index (χ1v) is 13.9. The minimum Gasteiger partial charge on any atom is -0.462 e. The van der Waals surface area contributed by atoms with Crippen LogP contribution in [0.25, 0.3) is 32.9 Å². The molecule has 0 saturated carbocycles. The highest BCUT2D eigenvalue weighted by Crippen LogP contribution is 2.35. The maximum absolute atomic E-state index is 16.5. The van der Waals surface area contributed by atoms with Crippen molar-refractivity contribution in [1.29, 1.82) is 5.26 Å². The van der Waals surface area contributed by atoms with E-state index in [1.807, 2.05) is 32.2 Å². The fourth-order valence-electron chi connectivity index (χ4n) is 5.95. The van der Waals surface area contributed by atoms with Gasteiger partial charge in [0.05, 0.1) is 24.0 Å². The van der Waals surface area contributed by atoms with Gasteiger partial charge in [0.15, 0.2) is 5.82 Å². The molecule has 0 radical (unpaired) electrons. The Morgan fingerprint density at radius 3 is 2.88 bits per heavy atom. The molecule has 212 valence electrons. The van der Waals surface area contributed by atoms with Gasteiger partial charge in [0.25, 0.3) is 0 Å². The molecule has 2 fully saturated rings. The standard InChI is InChI=1S/C30H33FN8O2/c1-18-5-4-6-19-12-33-13-23(25(18)19)27-26(31)28-24(14-35-27)29(39-10-9-34-20(15-39)7-8-32)37-30(36-28)41-17-21-11-22(40-3)16-38(21)2/h4-6,12-14,20-22,34H,7,9-11,15-17H2,1-3H3/t20-,21-,22+/m0/s1. The van der Waals surface area contributed by atoms with Gasteiger partial charge in [-0.2, -0.15) is 15.2 Å². The molecule has 11 heteroatoms. The summed E-state index contributed by atoms with van der Waals surface area (Å²) in [6, 6.07) is 8.36. The molecule has 0 bridgehead atoms. The summed E-state index contributed by atoms with van der Waals surface area (Å²) in [5.74, 6) is 0.00357. The number of rotatable bonds is 7. The number of aromatic nitrogens is 4. The average Bonchev–Trinajstić information content (AvgIpc) is 3.36. The third-order valence-electron chi connectivity index (χ3n) is 8.17. The summed E-state index contributed by atoms with van der Waals surface area (Å²) in [5, 5.41) is 14.9. The first kappa shape index (κ1) is 27.2. The zero-order valence-corrected chi connectivity index (χ0v) is 23.5. The van der Waals surface area contributed by atoms with E-state index in [1.165, 1.54) is 0 Å². The minimum atomic E-state index is -0.547. The van der Waals surface area contributed by atoms with Crippen LogP contribution in [0.5, 0.6) is 6.01 Å². The molecular formula is C30H33FN8O2. The van der Waals surface area contributed by atoms with Crippen LogP contribution in [0, 0.1) is 24.1 Å². The van der Waals surface area contributed by atoms with Gasteiger partial charge in [-0.3, -0.25) is 14.9 Å². The number of nitrogens with zero attached hydrogens (tertiary/aromatic N) is 7. The molecule has 2 saturated heterocycles. The molecule has 2 aliphatic heterocycles. The molecule has 1 aromatic carbocycles. The normalized spacial score (nSPS) is 21.4. The Bertz CT molecular complexity index is 1620. The van der Waals surface area contributed by atoms with Crippen LogP contribution in [0.2, 0.25) is 0 Å². The second kappa shape index (κ2) is 11.5. The van der Waals surface area contributed by atoms with Crippen molar-refractivity contribution in [3.8, 4) is 23.3 Å². The van der Waals surface area contributed by atoms with E-state index in [2.05, 4.69) is 36.1 Å². The summed E-state index contributed by atoms with van der Waals surface area (Å²) in [5.41, 5.74) is 1.94. The number of hydrogen-bond acceptors (Lipinski definition) is 10. The predicted molar refractivity (Wildman–Crippen MR) is 154 cm³/mol. The summed E-state index contributed by atoms with van der Waals surface area (Å²) in [6.45, 7) is 5.03. The van der Waals surface area contributed by atoms with Crippen LogP contribution in [-0.4, -0.2) is 90.0 Å². The van der Waals surface area contributed by atoms with Crippen LogP contribution in [0.3, 0.4) is 0 Å². The van der Waals surface area contributed by atoms with E-state index < -0.39 is 5.82 Å². The number of anilines is 1. The van der Waals surface area contributed by atoms with Crippen molar-refractivity contribution in [3.63, 3.8) is 0 Å². The van der Waals surface area contributed by atoms with Crippen LogP contribution in [0.4, 0.5) is 10.2 Å². The maximum Gasteiger partial charge on any atom is 0.319 e. The van der Waals surface area contributed by atoms with Gasteiger partial charge in [0.1, 0.15) is 23.6 Å². The molecule has 0 unspecified atom stereocenters. The van der Waals surface area contributed by atoms with Crippen molar-refractivity contribution in [2.45, 2.75) is 38.0 Å². The summed E-state index contributed by atoms with van der Waals surface area (Å²) in [7, 11) is 3.75. The molecule has 0 spiro atoms. The number of methoxy groups -OCH3 is 1. The van der Waals surface area contributed by atoms with Gasteiger partial charge in [-0.1, -0.05) is 18.2 Å². The highest BCUT2D eigenvalue weighted by molar-refractivity contribution is 6.00. The zero-order valence-electron chi connectivity index (χ0n) is 23.5. The predicted octanol–water partition coefficient (Wildman–Crippen LogP) is 3.48. The maximum atomic E-state index is 16.5. The lowest BCUT2D eigenvalue weighted by Crippen LogP contribution is -2.51. The molecule has 4 aromatic rings. The quantitative estimate of drug-likeness (QED) is 0.363. The van der Waals surface area contributed by atoms with Gasteiger partial charge in [-0.05, 0) is 31.3 Å². The zero-order chi connectivity index (χ0) is 28.5. The molecule has 0 amide bonds. The third kappa shape index (κ3) is 5.26. The molecule has 41 heavy (non-hydrogen) atoms. The number of nitriles is 1. The van der Waals surface area contributed by atoms with Crippen molar-refractivity contribution in [2.24, 2.45) is 0 Å². The number of nitrogens with one attached hydrogen (secondary N) is 1. The smallest absolute Gasteiger partial charge is 0.319 e. The fraction of sp³-hybridized carbons (Fsp3) is 0.433. The van der Waals surface area contributed by atoms with E-state index in [4.69, 9.17) is 14.5 Å². The molecule has 3 aromatic heterocycles. The van der Waals surface area contributed by atoms with Gasteiger partial charge in [0, 0.05) is 74.9 Å². The van der Waals surface area contributed by atoms with Crippen LogP contribution in [0.1, 0.15) is 18.4 Å². The van der Waals surface area contributed by atoms with Gasteiger partial charge in [-0.25, -0.2) is 4.39 Å². The van der Waals surface area contributed by atoms with Crippen LogP contribution in [0.15, 0.2) is 36.8 Å². The highest BCUT2D eigenvalue weighted by Gasteiger charge is 2.31. The number of pyridine rings is 2. The third-order valence-corrected chi connectivity index (χ3v) is 8.17. The number of hydrogen-bond donors (Lipinski definition) is 1. The Hall–Kier alpha value is -3.98. The number of fused-ring (bicyclic) bond motifs is 2. The fourth-order valence-corrected chi connectivity index (χ4v) is 5.95. The van der Waals surface area contributed by atoms with E-state index in [0.717, 1.165) is 29.3 Å². The average molecular weight is 557 g/mol. The number of likely N-dealkylation sites (tertiary alicyclic amines) is 1. The van der Waals surface area contributed by atoms with Gasteiger partial charge >= 0.3 is 6.01 Å². The lowest BCUT2D eigenvalue weighted by Gasteiger charge is -2.34.